The van der Waals surface area contributed by atoms with Crippen LogP contribution in [0, 0.1) is 0 Å². The number of hydrogen-bond acceptors (Lipinski definition) is 8. The molecule has 1 aliphatic rings. The highest BCUT2D eigenvalue weighted by Gasteiger charge is 2.33. The topological polar surface area (TPSA) is 79.1 Å². The number of methoxy groups -OCH3 is 2. The molecule has 3 heterocycles. The van der Waals surface area contributed by atoms with Crippen LogP contribution >= 0.6 is 22.7 Å². The second-order valence-corrected chi connectivity index (χ2v) is 9.08. The molecule has 0 saturated carbocycles. The minimum absolute atomic E-state index is 0.0762. The van der Waals surface area contributed by atoms with Gasteiger partial charge in [0.15, 0.2) is 4.80 Å². The normalized spacial score (nSPS) is 15.6. The second-order valence-electron chi connectivity index (χ2n) is 7.09. The Kier molecular flexibility index (Phi) is 6.62. The van der Waals surface area contributed by atoms with Gasteiger partial charge in [-0.25, -0.2) is 9.79 Å². The van der Waals surface area contributed by atoms with Crippen LogP contribution in [-0.2, 0) is 9.53 Å². The molecule has 0 saturated heterocycles. The van der Waals surface area contributed by atoms with Gasteiger partial charge in [0.2, 0.25) is 0 Å². The molecule has 170 valence electrons. The second kappa shape index (κ2) is 9.60. The van der Waals surface area contributed by atoms with Crippen LogP contribution in [0.1, 0.15) is 23.4 Å². The van der Waals surface area contributed by atoms with Crippen LogP contribution in [0.15, 0.2) is 69.4 Å². The lowest BCUT2D eigenvalue weighted by Crippen LogP contribution is -2.39. The number of nitrogens with zero attached hydrogens (tertiary/aromatic N) is 2. The lowest BCUT2D eigenvalue weighted by atomic mass is 10.0. The number of ether oxygens (including phenoxy) is 3. The molecule has 9 heteroatoms. The van der Waals surface area contributed by atoms with Gasteiger partial charge < -0.3 is 14.2 Å². The van der Waals surface area contributed by atoms with Crippen molar-refractivity contribution < 1.29 is 19.0 Å². The zero-order chi connectivity index (χ0) is 23.5. The zero-order valence-corrected chi connectivity index (χ0v) is 20.0. The molecule has 0 aliphatic carbocycles. The molecule has 0 amide bonds. The zero-order valence-electron chi connectivity index (χ0n) is 18.4. The summed E-state index contributed by atoms with van der Waals surface area (Å²) < 4.78 is 18.1. The number of benzene rings is 1. The number of thiophene rings is 1. The van der Waals surface area contributed by atoms with E-state index in [0.29, 0.717) is 37.7 Å². The maximum absolute atomic E-state index is 13.6. The maximum Gasteiger partial charge on any atom is 0.338 e. The molecule has 0 bridgehead atoms. The highest BCUT2D eigenvalue weighted by molar-refractivity contribution is 7.10. The van der Waals surface area contributed by atoms with Crippen molar-refractivity contribution in [2.75, 3.05) is 20.8 Å². The Bertz CT molecular complexity index is 1410. The van der Waals surface area contributed by atoms with E-state index < -0.39 is 12.0 Å². The Labute approximate surface area is 198 Å². The summed E-state index contributed by atoms with van der Waals surface area (Å²) in [5.74, 6) is 0.744. The smallest absolute Gasteiger partial charge is 0.338 e. The fraction of sp³-hybridized carbons (Fsp3) is 0.208. The molecule has 0 fully saturated rings. The average Bonchev–Trinajstić information content (AvgIpc) is 3.45. The van der Waals surface area contributed by atoms with Crippen molar-refractivity contribution in [2.24, 2.45) is 4.99 Å². The van der Waals surface area contributed by atoms with Crippen LogP contribution in [0.25, 0.3) is 6.08 Å². The molecule has 1 atom stereocenters. The Morgan fingerprint density at radius 3 is 2.76 bits per heavy atom. The largest absolute Gasteiger partial charge is 0.497 e. The predicted octanol–water partition coefficient (Wildman–Crippen LogP) is 3.04. The van der Waals surface area contributed by atoms with Gasteiger partial charge in [0, 0.05) is 10.4 Å². The van der Waals surface area contributed by atoms with Gasteiger partial charge in [-0.2, -0.15) is 0 Å². The van der Waals surface area contributed by atoms with E-state index in [1.165, 1.54) is 28.7 Å². The van der Waals surface area contributed by atoms with Crippen LogP contribution in [0.3, 0.4) is 0 Å². The Hall–Kier alpha value is -3.43. The predicted molar refractivity (Wildman–Crippen MR) is 129 cm³/mol. The molecule has 2 aromatic heterocycles. The van der Waals surface area contributed by atoms with Gasteiger partial charge in [0.1, 0.15) is 24.1 Å². The van der Waals surface area contributed by atoms with E-state index in [2.05, 4.69) is 11.6 Å². The van der Waals surface area contributed by atoms with E-state index in [1.807, 2.05) is 17.5 Å². The van der Waals surface area contributed by atoms with Crippen molar-refractivity contribution in [1.82, 2.24) is 4.57 Å². The van der Waals surface area contributed by atoms with Crippen molar-refractivity contribution in [3.05, 3.63) is 89.8 Å². The van der Waals surface area contributed by atoms with Gasteiger partial charge in [-0.15, -0.1) is 11.3 Å². The Balaban J connectivity index is 1.92. The highest BCUT2D eigenvalue weighted by Crippen LogP contribution is 2.33. The van der Waals surface area contributed by atoms with Crippen molar-refractivity contribution in [1.29, 1.82) is 0 Å². The van der Waals surface area contributed by atoms with Crippen LogP contribution in [0.2, 0.25) is 0 Å². The molecule has 7 nitrogen and oxygen atoms in total. The summed E-state index contributed by atoms with van der Waals surface area (Å²) in [4.78, 5) is 32.4. The van der Waals surface area contributed by atoms with Gasteiger partial charge in [-0.3, -0.25) is 9.36 Å². The number of carbonyl (C=O) groups is 1. The van der Waals surface area contributed by atoms with Gasteiger partial charge in [-0.1, -0.05) is 30.1 Å². The lowest BCUT2D eigenvalue weighted by molar-refractivity contribution is -0.138. The van der Waals surface area contributed by atoms with E-state index in [4.69, 9.17) is 14.2 Å². The first-order valence-corrected chi connectivity index (χ1v) is 11.7. The monoisotopic (exact) mass is 482 g/mol. The van der Waals surface area contributed by atoms with Crippen LogP contribution in [0.5, 0.6) is 11.5 Å². The molecular weight excluding hydrogens is 460 g/mol. The maximum atomic E-state index is 13.6. The number of thiazole rings is 1. The average molecular weight is 483 g/mol. The minimum atomic E-state index is -0.618. The van der Waals surface area contributed by atoms with Crippen LogP contribution in [-0.4, -0.2) is 31.4 Å². The quantitative estimate of drug-likeness (QED) is 0.382. The summed E-state index contributed by atoms with van der Waals surface area (Å²) >= 11 is 2.73. The molecule has 3 aromatic rings. The molecule has 1 unspecified atom stereocenters. The Morgan fingerprint density at radius 1 is 1.27 bits per heavy atom. The fourth-order valence-electron chi connectivity index (χ4n) is 3.60. The van der Waals surface area contributed by atoms with E-state index in [-0.39, 0.29) is 12.2 Å². The number of esters is 1. The number of fused-ring (bicyclic) bond motifs is 1. The molecule has 0 radical (unpaired) electrons. The molecule has 1 aliphatic heterocycles. The first kappa shape index (κ1) is 22.8. The third-order valence-corrected chi connectivity index (χ3v) is 7.02. The molecular formula is C24H22N2O5S2. The van der Waals surface area contributed by atoms with Gasteiger partial charge in [0.25, 0.3) is 5.56 Å². The first-order valence-electron chi connectivity index (χ1n) is 10.0. The minimum Gasteiger partial charge on any atom is -0.497 e. The molecule has 0 N–H and O–H groups in total. The summed E-state index contributed by atoms with van der Waals surface area (Å²) in [6.45, 7) is 5.43. The summed E-state index contributed by atoms with van der Waals surface area (Å²) in [7, 11) is 3.15. The van der Waals surface area contributed by atoms with Gasteiger partial charge in [-0.05, 0) is 42.6 Å². The van der Waals surface area contributed by atoms with Gasteiger partial charge >= 0.3 is 5.97 Å². The van der Waals surface area contributed by atoms with Gasteiger partial charge in [0.05, 0.1) is 30.0 Å². The number of carbonyl (C=O) groups excluding carboxylic acids is 1. The third-order valence-electron chi connectivity index (χ3n) is 5.11. The van der Waals surface area contributed by atoms with Crippen molar-refractivity contribution in [3.8, 4) is 11.5 Å². The molecule has 0 spiro atoms. The van der Waals surface area contributed by atoms with Crippen molar-refractivity contribution >= 4 is 34.7 Å². The highest BCUT2D eigenvalue weighted by atomic mass is 32.1. The molecule has 1 aromatic carbocycles. The Morgan fingerprint density at radius 2 is 2.09 bits per heavy atom. The van der Waals surface area contributed by atoms with E-state index >= 15 is 0 Å². The van der Waals surface area contributed by atoms with Crippen LogP contribution in [0.4, 0.5) is 0 Å². The van der Waals surface area contributed by atoms with E-state index in [9.17, 15) is 9.59 Å². The number of allylic oxidation sites excluding steroid dienone is 1. The van der Waals surface area contributed by atoms with E-state index in [1.54, 1.807) is 50.0 Å². The summed E-state index contributed by atoms with van der Waals surface area (Å²) in [5.41, 5.74) is 1.33. The SMILES string of the molecule is C=CCOC(=O)C1=C(C)N=c2sc(=Cc3cc(OC)ccc3OC)c(=O)n2C1c1cccs1. The standard InChI is InChI=1S/C24H22N2O5S2/c1-5-10-31-23(28)20-14(2)25-24-26(21(20)18-7-6-11-32-18)22(27)19(33-24)13-15-12-16(29-3)8-9-17(15)30-4/h5-9,11-13,21H,1,10H2,2-4H3. The van der Waals surface area contributed by atoms with Crippen molar-refractivity contribution in [2.45, 2.75) is 13.0 Å². The number of aromatic nitrogens is 1. The molecule has 33 heavy (non-hydrogen) atoms. The van der Waals surface area contributed by atoms with Crippen molar-refractivity contribution in [3.63, 3.8) is 0 Å². The van der Waals surface area contributed by atoms with E-state index in [0.717, 1.165) is 4.88 Å². The first-order chi connectivity index (χ1) is 16.0. The fourth-order valence-corrected chi connectivity index (χ4v) is 5.47. The number of rotatable bonds is 7. The summed E-state index contributed by atoms with van der Waals surface area (Å²) in [5, 5.41) is 1.91. The summed E-state index contributed by atoms with van der Waals surface area (Å²) in [6, 6.07) is 8.55. The molecule has 4 rings (SSSR count). The lowest BCUT2D eigenvalue weighted by Gasteiger charge is -2.23. The third kappa shape index (κ3) is 4.29. The van der Waals surface area contributed by atoms with Crippen LogP contribution < -0.4 is 24.4 Å². The number of hydrogen-bond donors (Lipinski definition) is 0. The summed E-state index contributed by atoms with van der Waals surface area (Å²) in [6.07, 6.45) is 3.26.